The fraction of sp³-hybridized carbons (Fsp3) is 0.200. The lowest BCUT2D eigenvalue weighted by atomic mass is 10.1. The fourth-order valence-electron chi connectivity index (χ4n) is 1.07. The van der Waals surface area contributed by atoms with Gasteiger partial charge in [0.25, 0.3) is 0 Å². The van der Waals surface area contributed by atoms with Crippen molar-refractivity contribution >= 4 is 5.97 Å². The Kier molecular flexibility index (Phi) is 3.21. The third-order valence-corrected chi connectivity index (χ3v) is 1.79. The summed E-state index contributed by atoms with van der Waals surface area (Å²) in [4.78, 5) is 11.2. The Balaban J connectivity index is 3.20. The van der Waals surface area contributed by atoms with E-state index in [0.29, 0.717) is 5.56 Å². The van der Waals surface area contributed by atoms with E-state index in [0.717, 1.165) is 0 Å². The zero-order valence-corrected chi connectivity index (χ0v) is 7.65. The Morgan fingerprint density at radius 2 is 2.36 bits per heavy atom. The van der Waals surface area contributed by atoms with Crippen molar-refractivity contribution in [3.05, 3.63) is 34.9 Å². The van der Waals surface area contributed by atoms with Crippen LogP contribution in [0.25, 0.3) is 0 Å². The predicted octanol–water partition coefficient (Wildman–Crippen LogP) is 0.837. The topological polar surface area (TPSA) is 70.3 Å². The molecule has 0 aromatic heterocycles. The monoisotopic (exact) mass is 191 g/mol. The van der Waals surface area contributed by atoms with Crippen LogP contribution < -0.4 is 0 Å². The zero-order valence-electron chi connectivity index (χ0n) is 7.65. The predicted molar refractivity (Wildman–Crippen MR) is 48.4 cm³/mol. The molecule has 0 saturated heterocycles. The zero-order chi connectivity index (χ0) is 10.6. The lowest BCUT2D eigenvalue weighted by Crippen LogP contribution is -2.04. The van der Waals surface area contributed by atoms with Gasteiger partial charge < -0.3 is 9.84 Å². The number of esters is 1. The minimum atomic E-state index is -0.550. The maximum Gasteiger partial charge on any atom is 0.339 e. The number of ether oxygens (including phenoxy) is 1. The lowest BCUT2D eigenvalue weighted by Gasteiger charge is -2.03. The number of nitrogens with zero attached hydrogens (tertiary/aromatic N) is 1. The molecule has 0 atom stereocenters. The molecule has 0 aliphatic carbocycles. The molecule has 1 N–H and O–H groups in total. The number of aliphatic hydroxyl groups excluding tert-OH is 1. The van der Waals surface area contributed by atoms with E-state index in [-0.39, 0.29) is 17.7 Å². The third-order valence-electron chi connectivity index (χ3n) is 1.79. The third kappa shape index (κ3) is 1.90. The van der Waals surface area contributed by atoms with Gasteiger partial charge in [0.2, 0.25) is 0 Å². The molecule has 4 nitrogen and oxygen atoms in total. The molecule has 0 unspecified atom stereocenters. The summed E-state index contributed by atoms with van der Waals surface area (Å²) in [5.74, 6) is -0.550. The first-order chi connectivity index (χ1) is 6.72. The van der Waals surface area contributed by atoms with Gasteiger partial charge in [-0.05, 0) is 17.7 Å². The molecule has 4 heteroatoms. The Bertz CT molecular complexity index is 393. The molecule has 0 aliphatic rings. The Morgan fingerprint density at radius 1 is 1.64 bits per heavy atom. The number of methoxy groups -OCH3 is 1. The minimum absolute atomic E-state index is 0.157. The maximum atomic E-state index is 11.2. The van der Waals surface area contributed by atoms with Crippen molar-refractivity contribution in [3.8, 4) is 6.07 Å². The van der Waals surface area contributed by atoms with Crippen molar-refractivity contribution in [1.82, 2.24) is 0 Å². The second kappa shape index (κ2) is 4.40. The Labute approximate surface area is 81.4 Å². The number of aliphatic hydroxyl groups is 1. The highest BCUT2D eigenvalue weighted by Gasteiger charge is 2.11. The van der Waals surface area contributed by atoms with Gasteiger partial charge in [-0.15, -0.1) is 0 Å². The van der Waals surface area contributed by atoms with E-state index in [1.807, 2.05) is 6.07 Å². The van der Waals surface area contributed by atoms with E-state index < -0.39 is 5.97 Å². The van der Waals surface area contributed by atoms with E-state index in [1.54, 1.807) is 6.07 Å². The molecule has 0 aliphatic heterocycles. The summed E-state index contributed by atoms with van der Waals surface area (Å²) in [5, 5.41) is 17.6. The summed E-state index contributed by atoms with van der Waals surface area (Å²) >= 11 is 0. The lowest BCUT2D eigenvalue weighted by molar-refractivity contribution is 0.0600. The summed E-state index contributed by atoms with van der Waals surface area (Å²) in [6.45, 7) is -0.157. The highest BCUT2D eigenvalue weighted by molar-refractivity contribution is 5.92. The highest BCUT2D eigenvalue weighted by atomic mass is 16.5. The van der Waals surface area contributed by atoms with Gasteiger partial charge >= 0.3 is 5.97 Å². The molecule has 1 aromatic rings. The van der Waals surface area contributed by atoms with Crippen molar-refractivity contribution in [3.63, 3.8) is 0 Å². The summed E-state index contributed by atoms with van der Waals surface area (Å²) in [5.41, 5.74) is 1.02. The molecule has 14 heavy (non-hydrogen) atoms. The summed E-state index contributed by atoms with van der Waals surface area (Å²) in [7, 11) is 1.25. The first-order valence-corrected chi connectivity index (χ1v) is 3.95. The fourth-order valence-corrected chi connectivity index (χ4v) is 1.07. The van der Waals surface area contributed by atoms with Crippen LogP contribution in [-0.4, -0.2) is 18.2 Å². The average Bonchev–Trinajstić information content (AvgIpc) is 2.27. The number of rotatable bonds is 2. The quantitative estimate of drug-likeness (QED) is 0.703. The van der Waals surface area contributed by atoms with E-state index in [2.05, 4.69) is 4.74 Å². The van der Waals surface area contributed by atoms with Crippen LogP contribution in [0, 0.1) is 11.3 Å². The van der Waals surface area contributed by atoms with E-state index in [1.165, 1.54) is 19.2 Å². The van der Waals surface area contributed by atoms with Crippen LogP contribution in [0.2, 0.25) is 0 Å². The van der Waals surface area contributed by atoms with Crippen LogP contribution in [0.15, 0.2) is 18.2 Å². The molecular weight excluding hydrogens is 182 g/mol. The second-order valence-electron chi connectivity index (χ2n) is 2.64. The van der Waals surface area contributed by atoms with Crippen LogP contribution >= 0.6 is 0 Å². The van der Waals surface area contributed by atoms with Crippen molar-refractivity contribution in [2.45, 2.75) is 6.61 Å². The molecule has 0 fully saturated rings. The molecule has 1 aromatic carbocycles. The first kappa shape index (κ1) is 10.2. The number of carbonyl (C=O) groups excluding carboxylic acids is 1. The molecule has 1 rings (SSSR count). The van der Waals surface area contributed by atoms with Gasteiger partial charge in [0.15, 0.2) is 0 Å². The maximum absolute atomic E-state index is 11.2. The minimum Gasteiger partial charge on any atom is -0.465 e. The molecule has 0 saturated carbocycles. The van der Waals surface area contributed by atoms with Crippen LogP contribution in [0.4, 0.5) is 0 Å². The largest absolute Gasteiger partial charge is 0.465 e. The van der Waals surface area contributed by atoms with Gasteiger partial charge in [0.05, 0.1) is 24.8 Å². The van der Waals surface area contributed by atoms with Crippen LogP contribution in [0.5, 0.6) is 0 Å². The molecule has 0 amide bonds. The van der Waals surface area contributed by atoms with Crippen molar-refractivity contribution in [1.29, 1.82) is 5.26 Å². The Morgan fingerprint density at radius 3 is 2.86 bits per heavy atom. The van der Waals surface area contributed by atoms with E-state index in [9.17, 15) is 4.79 Å². The Hall–Kier alpha value is -1.86. The number of benzene rings is 1. The first-order valence-electron chi connectivity index (χ1n) is 3.95. The molecule has 0 bridgehead atoms. The number of nitriles is 1. The molecular formula is C10H9NO3. The smallest absolute Gasteiger partial charge is 0.339 e. The van der Waals surface area contributed by atoms with Gasteiger partial charge in [-0.1, -0.05) is 6.07 Å². The van der Waals surface area contributed by atoms with Gasteiger partial charge in [0.1, 0.15) is 6.07 Å². The highest BCUT2D eigenvalue weighted by Crippen LogP contribution is 2.12. The van der Waals surface area contributed by atoms with Crippen LogP contribution in [0.3, 0.4) is 0 Å². The molecule has 0 radical (unpaired) electrons. The summed E-state index contributed by atoms with van der Waals surface area (Å²) < 4.78 is 4.50. The molecule has 0 heterocycles. The van der Waals surface area contributed by atoms with Gasteiger partial charge in [0, 0.05) is 0 Å². The number of hydrogen-bond acceptors (Lipinski definition) is 4. The summed E-state index contributed by atoms with van der Waals surface area (Å²) in [6.07, 6.45) is 0. The number of carbonyl (C=O) groups is 1. The number of hydrogen-bond donors (Lipinski definition) is 1. The summed E-state index contributed by atoms with van der Waals surface area (Å²) in [6, 6.07) is 6.38. The molecule has 72 valence electrons. The normalized spacial score (nSPS) is 9.21. The second-order valence-corrected chi connectivity index (χ2v) is 2.64. The molecule has 0 spiro atoms. The standard InChI is InChI=1S/C10H9NO3/c1-14-10(13)9-3-2-7(6-12)4-8(9)5-11/h2-4,12H,6H2,1H3. The van der Waals surface area contributed by atoms with Crippen LogP contribution in [-0.2, 0) is 11.3 Å². The average molecular weight is 191 g/mol. The van der Waals surface area contributed by atoms with Crippen molar-refractivity contribution < 1.29 is 14.6 Å². The van der Waals surface area contributed by atoms with Gasteiger partial charge in [-0.25, -0.2) is 4.79 Å². The van der Waals surface area contributed by atoms with E-state index >= 15 is 0 Å². The van der Waals surface area contributed by atoms with Gasteiger partial charge in [-0.3, -0.25) is 0 Å². The SMILES string of the molecule is COC(=O)c1ccc(CO)cc1C#N. The van der Waals surface area contributed by atoms with Crippen molar-refractivity contribution in [2.75, 3.05) is 7.11 Å². The van der Waals surface area contributed by atoms with Gasteiger partial charge in [-0.2, -0.15) is 5.26 Å². The van der Waals surface area contributed by atoms with Crippen LogP contribution in [0.1, 0.15) is 21.5 Å². The van der Waals surface area contributed by atoms with Crippen molar-refractivity contribution in [2.24, 2.45) is 0 Å². The van der Waals surface area contributed by atoms with E-state index in [4.69, 9.17) is 10.4 Å².